The molecule has 0 radical (unpaired) electrons. The van der Waals surface area contributed by atoms with Crippen LogP contribution >= 0.6 is 0 Å². The first-order valence-corrected chi connectivity index (χ1v) is 9.74. The van der Waals surface area contributed by atoms with Crippen molar-refractivity contribution in [2.24, 2.45) is 5.92 Å². The van der Waals surface area contributed by atoms with Crippen molar-refractivity contribution in [1.82, 2.24) is 15.1 Å². The zero-order chi connectivity index (χ0) is 19.4. The van der Waals surface area contributed by atoms with E-state index < -0.39 is 0 Å². The fourth-order valence-electron chi connectivity index (χ4n) is 3.68. The highest BCUT2D eigenvalue weighted by molar-refractivity contribution is 5.90. The van der Waals surface area contributed by atoms with Crippen LogP contribution in [-0.2, 0) is 4.74 Å². The Bertz CT molecular complexity index is 770. The number of para-hydroxylation sites is 1. The molecule has 0 aliphatic carbocycles. The molecule has 3 rings (SSSR count). The second-order valence-electron chi connectivity index (χ2n) is 7.74. The zero-order valence-corrected chi connectivity index (χ0v) is 16.7. The number of nitrogens with zero attached hydrogens (tertiary/aromatic N) is 2. The van der Waals surface area contributed by atoms with Crippen LogP contribution in [0.1, 0.15) is 44.5 Å². The Morgan fingerprint density at radius 1 is 1.30 bits per heavy atom. The van der Waals surface area contributed by atoms with Gasteiger partial charge in [-0.05, 0) is 51.2 Å². The second-order valence-corrected chi connectivity index (χ2v) is 7.74. The van der Waals surface area contributed by atoms with Crippen LogP contribution in [0, 0.1) is 19.8 Å². The number of urea groups is 1. The van der Waals surface area contributed by atoms with E-state index in [2.05, 4.69) is 29.6 Å². The number of carbonyl (C=O) groups is 1. The van der Waals surface area contributed by atoms with Gasteiger partial charge >= 0.3 is 6.03 Å². The molecule has 27 heavy (non-hydrogen) atoms. The Kier molecular flexibility index (Phi) is 6.16. The zero-order valence-electron chi connectivity index (χ0n) is 16.7. The molecule has 1 aromatic carbocycles. The number of amides is 2. The van der Waals surface area contributed by atoms with Gasteiger partial charge in [-0.25, -0.2) is 9.48 Å². The van der Waals surface area contributed by atoms with Crippen LogP contribution in [0.25, 0.3) is 5.69 Å². The van der Waals surface area contributed by atoms with Gasteiger partial charge in [-0.2, -0.15) is 5.10 Å². The highest BCUT2D eigenvalue weighted by Crippen LogP contribution is 2.23. The third-order valence-corrected chi connectivity index (χ3v) is 4.97. The van der Waals surface area contributed by atoms with Gasteiger partial charge in [0, 0.05) is 12.6 Å². The van der Waals surface area contributed by atoms with Crippen LogP contribution < -0.4 is 10.6 Å². The lowest BCUT2D eigenvalue weighted by Crippen LogP contribution is -2.44. The molecule has 146 valence electrons. The Labute approximate surface area is 161 Å². The van der Waals surface area contributed by atoms with Gasteiger partial charge < -0.3 is 15.4 Å². The normalized spacial score (nSPS) is 19.9. The van der Waals surface area contributed by atoms with Crippen molar-refractivity contribution in [3.8, 4) is 5.69 Å². The van der Waals surface area contributed by atoms with E-state index >= 15 is 0 Å². The Balaban J connectivity index is 1.64. The van der Waals surface area contributed by atoms with Gasteiger partial charge in [-0.1, -0.05) is 32.0 Å². The molecule has 1 aromatic heterocycles. The Hall–Kier alpha value is -2.34. The molecule has 1 aliphatic heterocycles. The van der Waals surface area contributed by atoms with Crippen LogP contribution in [0.2, 0.25) is 0 Å². The lowest BCUT2D eigenvalue weighted by Gasteiger charge is -2.31. The average molecular weight is 370 g/mol. The lowest BCUT2D eigenvalue weighted by atomic mass is 9.96. The lowest BCUT2D eigenvalue weighted by molar-refractivity contribution is -0.00717. The van der Waals surface area contributed by atoms with Gasteiger partial charge in [0.25, 0.3) is 0 Å². The number of carbonyl (C=O) groups excluding carboxylic acids is 1. The standard InChI is InChI=1S/C21H30N4O2/c1-14(2)12-19-13-17(10-11-27-19)22-21(26)23-20-15(3)24-25(16(20)4)18-8-6-5-7-9-18/h5-9,14,17,19H,10-13H2,1-4H3,(H2,22,23,26)/t17-,19+/m1/s1. The quantitative estimate of drug-likeness (QED) is 0.829. The first-order chi connectivity index (χ1) is 12.9. The van der Waals surface area contributed by atoms with E-state index in [-0.39, 0.29) is 18.2 Å². The van der Waals surface area contributed by atoms with Gasteiger partial charge in [0.2, 0.25) is 0 Å². The van der Waals surface area contributed by atoms with E-state index in [0.717, 1.165) is 42.0 Å². The van der Waals surface area contributed by atoms with Crippen molar-refractivity contribution < 1.29 is 9.53 Å². The summed E-state index contributed by atoms with van der Waals surface area (Å²) >= 11 is 0. The molecule has 2 N–H and O–H groups in total. The topological polar surface area (TPSA) is 68.2 Å². The fourth-order valence-corrected chi connectivity index (χ4v) is 3.68. The van der Waals surface area contributed by atoms with Crippen molar-refractivity contribution in [2.75, 3.05) is 11.9 Å². The summed E-state index contributed by atoms with van der Waals surface area (Å²) in [6.07, 6.45) is 2.98. The molecule has 6 nitrogen and oxygen atoms in total. The predicted molar refractivity (Wildman–Crippen MR) is 107 cm³/mol. The molecule has 2 aromatic rings. The van der Waals surface area contributed by atoms with Crippen LogP contribution in [0.4, 0.5) is 10.5 Å². The summed E-state index contributed by atoms with van der Waals surface area (Å²) in [4.78, 5) is 12.6. The molecule has 0 spiro atoms. The number of hydrogen-bond donors (Lipinski definition) is 2. The van der Waals surface area contributed by atoms with E-state index in [1.165, 1.54) is 0 Å². The van der Waals surface area contributed by atoms with Gasteiger partial charge in [-0.3, -0.25) is 0 Å². The van der Waals surface area contributed by atoms with Gasteiger partial charge in [0.05, 0.1) is 28.9 Å². The molecule has 0 saturated carbocycles. The summed E-state index contributed by atoms with van der Waals surface area (Å²) in [5.41, 5.74) is 3.46. The smallest absolute Gasteiger partial charge is 0.319 e. The number of rotatable bonds is 5. The molecule has 2 amide bonds. The molecule has 1 fully saturated rings. The summed E-state index contributed by atoms with van der Waals surface area (Å²) < 4.78 is 7.68. The minimum atomic E-state index is -0.177. The Morgan fingerprint density at radius 3 is 2.74 bits per heavy atom. The first-order valence-electron chi connectivity index (χ1n) is 9.74. The monoisotopic (exact) mass is 370 g/mol. The molecule has 0 unspecified atom stereocenters. The number of nitrogens with one attached hydrogen (secondary N) is 2. The van der Waals surface area contributed by atoms with Gasteiger partial charge in [0.1, 0.15) is 0 Å². The van der Waals surface area contributed by atoms with Crippen molar-refractivity contribution in [3.63, 3.8) is 0 Å². The van der Waals surface area contributed by atoms with E-state index in [1.54, 1.807) is 0 Å². The van der Waals surface area contributed by atoms with Crippen LogP contribution in [0.5, 0.6) is 0 Å². The van der Waals surface area contributed by atoms with Crippen LogP contribution in [-0.4, -0.2) is 34.6 Å². The predicted octanol–water partition coefficient (Wildman–Crippen LogP) is 4.20. The second kappa shape index (κ2) is 8.57. The summed E-state index contributed by atoms with van der Waals surface area (Å²) in [6, 6.07) is 9.90. The highest BCUT2D eigenvalue weighted by Gasteiger charge is 2.25. The van der Waals surface area contributed by atoms with Crippen molar-refractivity contribution >= 4 is 11.7 Å². The molecular weight excluding hydrogens is 340 g/mol. The minimum Gasteiger partial charge on any atom is -0.378 e. The fraction of sp³-hybridized carbons (Fsp3) is 0.524. The maximum absolute atomic E-state index is 12.6. The number of anilines is 1. The van der Waals surface area contributed by atoms with Crippen LogP contribution in [0.15, 0.2) is 30.3 Å². The molecule has 0 bridgehead atoms. The van der Waals surface area contributed by atoms with E-state index in [0.29, 0.717) is 12.5 Å². The van der Waals surface area contributed by atoms with Gasteiger partial charge in [0.15, 0.2) is 0 Å². The molecular formula is C21H30N4O2. The Morgan fingerprint density at radius 2 is 2.04 bits per heavy atom. The van der Waals surface area contributed by atoms with Crippen molar-refractivity contribution in [2.45, 2.75) is 59.1 Å². The van der Waals surface area contributed by atoms with Crippen molar-refractivity contribution in [1.29, 1.82) is 0 Å². The third-order valence-electron chi connectivity index (χ3n) is 4.97. The molecule has 2 heterocycles. The number of ether oxygens (including phenoxy) is 1. The maximum Gasteiger partial charge on any atom is 0.319 e. The van der Waals surface area contributed by atoms with Crippen LogP contribution in [0.3, 0.4) is 0 Å². The summed E-state index contributed by atoms with van der Waals surface area (Å²) in [7, 11) is 0. The number of aryl methyl sites for hydroxylation is 1. The molecule has 1 saturated heterocycles. The SMILES string of the molecule is Cc1nn(-c2ccccc2)c(C)c1NC(=O)N[C@@H]1CCO[C@@H](CC(C)C)C1. The molecule has 2 atom stereocenters. The van der Waals surface area contributed by atoms with Crippen molar-refractivity contribution in [3.05, 3.63) is 41.7 Å². The molecule has 6 heteroatoms. The maximum atomic E-state index is 12.6. The summed E-state index contributed by atoms with van der Waals surface area (Å²) in [5.74, 6) is 0.594. The number of hydrogen-bond acceptors (Lipinski definition) is 3. The highest BCUT2D eigenvalue weighted by atomic mass is 16.5. The summed E-state index contributed by atoms with van der Waals surface area (Å²) in [6.45, 7) is 8.98. The van der Waals surface area contributed by atoms with Gasteiger partial charge in [-0.15, -0.1) is 0 Å². The minimum absolute atomic E-state index is 0.146. The number of aromatic nitrogens is 2. The van der Waals surface area contributed by atoms with E-state index in [4.69, 9.17) is 4.74 Å². The first kappa shape index (κ1) is 19.4. The van der Waals surface area contributed by atoms with E-state index in [1.807, 2.05) is 48.9 Å². The third kappa shape index (κ3) is 4.89. The largest absolute Gasteiger partial charge is 0.378 e. The average Bonchev–Trinajstić information content (AvgIpc) is 2.90. The number of benzene rings is 1. The van der Waals surface area contributed by atoms with E-state index in [9.17, 15) is 4.79 Å². The molecule has 1 aliphatic rings. The summed E-state index contributed by atoms with van der Waals surface area (Å²) in [5, 5.41) is 10.7.